The predicted octanol–water partition coefficient (Wildman–Crippen LogP) is 3.36. The molecule has 1 aliphatic rings. The van der Waals surface area contributed by atoms with Crippen LogP contribution in [0.5, 0.6) is 0 Å². The van der Waals surface area contributed by atoms with Crippen LogP contribution in [-0.4, -0.2) is 19.1 Å². The van der Waals surface area contributed by atoms with E-state index >= 15 is 0 Å². The van der Waals surface area contributed by atoms with E-state index in [2.05, 4.69) is 18.2 Å². The van der Waals surface area contributed by atoms with Gasteiger partial charge in [0.15, 0.2) is 0 Å². The first-order valence-corrected chi connectivity index (χ1v) is 6.47. The highest BCUT2D eigenvalue weighted by atomic mass is 35.5. The zero-order chi connectivity index (χ0) is 11.4. The fourth-order valence-electron chi connectivity index (χ4n) is 2.37. The van der Waals surface area contributed by atoms with Crippen molar-refractivity contribution in [1.29, 1.82) is 0 Å². The summed E-state index contributed by atoms with van der Waals surface area (Å²) in [5, 5.41) is 0.137. The summed E-state index contributed by atoms with van der Waals surface area (Å²) in [6.45, 7) is 0.645. The number of hydrogen-bond acceptors (Lipinski definition) is 1. The van der Waals surface area contributed by atoms with Gasteiger partial charge in [0.2, 0.25) is 0 Å². The van der Waals surface area contributed by atoms with Crippen molar-refractivity contribution in [1.82, 2.24) is 0 Å². The molecule has 1 aromatic carbocycles. The van der Waals surface area contributed by atoms with E-state index in [0.29, 0.717) is 6.61 Å². The Morgan fingerprint density at radius 3 is 2.94 bits per heavy atom. The highest BCUT2D eigenvalue weighted by Gasteiger charge is 2.11. The molecular weight excluding hydrogens is 220 g/mol. The van der Waals surface area contributed by atoms with E-state index in [0.717, 1.165) is 12.8 Å². The molecule has 2 heteroatoms. The maximum Gasteiger partial charge on any atom is 0.0626 e. The van der Waals surface area contributed by atoms with Gasteiger partial charge < -0.3 is 4.74 Å². The van der Waals surface area contributed by atoms with Gasteiger partial charge in [-0.25, -0.2) is 0 Å². The van der Waals surface area contributed by atoms with Crippen LogP contribution in [0.4, 0.5) is 0 Å². The molecule has 0 amide bonds. The Labute approximate surface area is 103 Å². The number of rotatable bonds is 5. The topological polar surface area (TPSA) is 9.23 Å². The Bertz CT molecular complexity index is 349. The van der Waals surface area contributed by atoms with Crippen molar-refractivity contribution >= 4 is 11.6 Å². The Hall–Kier alpha value is -0.530. The summed E-state index contributed by atoms with van der Waals surface area (Å²) in [5.74, 6) is 0. The lowest BCUT2D eigenvalue weighted by molar-refractivity contribution is 0.195. The first-order chi connectivity index (χ1) is 7.79. The zero-order valence-corrected chi connectivity index (χ0v) is 10.6. The second-order valence-corrected chi connectivity index (χ2v) is 5.17. The van der Waals surface area contributed by atoms with Gasteiger partial charge in [0.1, 0.15) is 0 Å². The maximum atomic E-state index is 6.12. The minimum Gasteiger partial charge on any atom is -0.383 e. The minimum absolute atomic E-state index is 0.137. The summed E-state index contributed by atoms with van der Waals surface area (Å²) in [6.07, 6.45) is 5.89. The van der Waals surface area contributed by atoms with Crippen LogP contribution >= 0.6 is 11.6 Å². The number of halogens is 1. The molecule has 16 heavy (non-hydrogen) atoms. The van der Waals surface area contributed by atoms with Crippen LogP contribution in [0.1, 0.15) is 29.5 Å². The number of benzene rings is 1. The van der Waals surface area contributed by atoms with Gasteiger partial charge in [0, 0.05) is 7.11 Å². The van der Waals surface area contributed by atoms with Crippen LogP contribution in [-0.2, 0) is 24.0 Å². The normalized spacial score (nSPS) is 16.1. The van der Waals surface area contributed by atoms with Crippen molar-refractivity contribution in [3.05, 3.63) is 34.9 Å². The summed E-state index contributed by atoms with van der Waals surface area (Å²) >= 11 is 6.12. The molecular formula is C14H19ClO. The van der Waals surface area contributed by atoms with E-state index < -0.39 is 0 Å². The third-order valence-electron chi connectivity index (χ3n) is 3.26. The lowest BCUT2D eigenvalue weighted by Gasteiger charge is -2.09. The molecule has 1 aliphatic carbocycles. The summed E-state index contributed by atoms with van der Waals surface area (Å²) in [7, 11) is 1.70. The molecule has 0 bridgehead atoms. The van der Waals surface area contributed by atoms with E-state index in [1.54, 1.807) is 18.2 Å². The molecule has 0 spiro atoms. The smallest absolute Gasteiger partial charge is 0.0626 e. The standard InChI is InChI=1S/C14H19ClO/c1-16-10-14(15)8-6-11-5-7-12-3-2-4-13(12)9-11/h5,7,9,14H,2-4,6,8,10H2,1H3. The second kappa shape index (κ2) is 5.70. The third kappa shape index (κ3) is 2.99. The molecule has 1 atom stereocenters. The van der Waals surface area contributed by atoms with E-state index in [4.69, 9.17) is 16.3 Å². The maximum absolute atomic E-state index is 6.12. The van der Waals surface area contributed by atoms with Crippen LogP contribution in [0.25, 0.3) is 0 Å². The number of alkyl halides is 1. The summed E-state index contributed by atoms with van der Waals surface area (Å²) in [4.78, 5) is 0. The van der Waals surface area contributed by atoms with Gasteiger partial charge in [-0.1, -0.05) is 18.2 Å². The van der Waals surface area contributed by atoms with E-state index in [1.807, 2.05) is 0 Å². The Morgan fingerprint density at radius 2 is 2.12 bits per heavy atom. The quantitative estimate of drug-likeness (QED) is 0.715. The van der Waals surface area contributed by atoms with Gasteiger partial charge in [-0.2, -0.15) is 0 Å². The molecule has 88 valence electrons. The van der Waals surface area contributed by atoms with E-state index in [-0.39, 0.29) is 5.38 Å². The van der Waals surface area contributed by atoms with Crippen molar-refractivity contribution in [2.24, 2.45) is 0 Å². The lowest BCUT2D eigenvalue weighted by atomic mass is 10.0. The SMILES string of the molecule is COCC(Cl)CCc1ccc2c(c1)CCC2. The number of hydrogen-bond donors (Lipinski definition) is 0. The molecule has 0 fully saturated rings. The number of fused-ring (bicyclic) bond motifs is 1. The molecule has 0 N–H and O–H groups in total. The van der Waals surface area contributed by atoms with Gasteiger partial charge in [-0.05, 0) is 48.8 Å². The molecule has 1 aromatic rings. The molecule has 0 aliphatic heterocycles. The third-order valence-corrected chi connectivity index (χ3v) is 3.60. The van der Waals surface area contributed by atoms with Crippen molar-refractivity contribution < 1.29 is 4.74 Å². The molecule has 1 nitrogen and oxygen atoms in total. The van der Waals surface area contributed by atoms with Crippen LogP contribution in [0, 0.1) is 0 Å². The van der Waals surface area contributed by atoms with Crippen LogP contribution in [0.15, 0.2) is 18.2 Å². The number of methoxy groups -OCH3 is 1. The molecule has 2 rings (SSSR count). The van der Waals surface area contributed by atoms with Gasteiger partial charge in [-0.3, -0.25) is 0 Å². The largest absolute Gasteiger partial charge is 0.383 e. The Balaban J connectivity index is 1.90. The number of aryl methyl sites for hydroxylation is 3. The highest BCUT2D eigenvalue weighted by molar-refractivity contribution is 6.20. The number of ether oxygens (including phenoxy) is 1. The Morgan fingerprint density at radius 1 is 1.31 bits per heavy atom. The summed E-state index contributed by atoms with van der Waals surface area (Å²) in [6, 6.07) is 6.90. The Kier molecular flexibility index (Phi) is 4.25. The van der Waals surface area contributed by atoms with Crippen molar-refractivity contribution in [2.45, 2.75) is 37.5 Å². The molecule has 0 saturated heterocycles. The summed E-state index contributed by atoms with van der Waals surface area (Å²) < 4.78 is 5.03. The van der Waals surface area contributed by atoms with Crippen LogP contribution in [0.3, 0.4) is 0 Å². The lowest BCUT2D eigenvalue weighted by Crippen LogP contribution is -2.08. The van der Waals surface area contributed by atoms with Gasteiger partial charge in [0.25, 0.3) is 0 Å². The van der Waals surface area contributed by atoms with Gasteiger partial charge in [0.05, 0.1) is 12.0 Å². The molecule has 0 saturated carbocycles. The fourth-order valence-corrected chi connectivity index (χ4v) is 2.60. The highest BCUT2D eigenvalue weighted by Crippen LogP contribution is 2.23. The second-order valence-electron chi connectivity index (χ2n) is 4.55. The van der Waals surface area contributed by atoms with Gasteiger partial charge in [-0.15, -0.1) is 11.6 Å². The average molecular weight is 239 g/mol. The molecule has 0 aromatic heterocycles. The van der Waals surface area contributed by atoms with E-state index in [1.165, 1.54) is 24.8 Å². The predicted molar refractivity (Wildman–Crippen MR) is 68.3 cm³/mol. The zero-order valence-electron chi connectivity index (χ0n) is 9.84. The van der Waals surface area contributed by atoms with Crippen molar-refractivity contribution in [3.8, 4) is 0 Å². The minimum atomic E-state index is 0.137. The summed E-state index contributed by atoms with van der Waals surface area (Å²) in [5.41, 5.74) is 4.51. The molecule has 0 heterocycles. The molecule has 1 unspecified atom stereocenters. The van der Waals surface area contributed by atoms with Crippen LogP contribution < -0.4 is 0 Å². The van der Waals surface area contributed by atoms with E-state index in [9.17, 15) is 0 Å². The van der Waals surface area contributed by atoms with Crippen LogP contribution in [0.2, 0.25) is 0 Å². The monoisotopic (exact) mass is 238 g/mol. The first-order valence-electron chi connectivity index (χ1n) is 6.03. The fraction of sp³-hybridized carbons (Fsp3) is 0.571. The molecule has 0 radical (unpaired) electrons. The average Bonchev–Trinajstić information content (AvgIpc) is 2.74. The first kappa shape index (κ1) is 11.9. The van der Waals surface area contributed by atoms with Crippen molar-refractivity contribution in [2.75, 3.05) is 13.7 Å². The van der Waals surface area contributed by atoms with Crippen molar-refractivity contribution in [3.63, 3.8) is 0 Å². The van der Waals surface area contributed by atoms with Gasteiger partial charge >= 0.3 is 0 Å².